The fraction of sp³-hybridized carbons (Fsp3) is 0.200. The second kappa shape index (κ2) is 6.37. The van der Waals surface area contributed by atoms with E-state index in [0.717, 1.165) is 21.5 Å². The molecule has 0 radical (unpaired) electrons. The largest absolute Gasteiger partial charge is 0.459 e. The Morgan fingerprint density at radius 3 is 2.86 bits per heavy atom. The van der Waals surface area contributed by atoms with Crippen LogP contribution in [0.4, 0.5) is 0 Å². The van der Waals surface area contributed by atoms with Gasteiger partial charge < -0.3 is 4.42 Å². The lowest BCUT2D eigenvalue weighted by Gasteiger charge is -2.16. The maximum atomic E-state index is 12.3. The molecule has 0 spiro atoms. The summed E-state index contributed by atoms with van der Waals surface area (Å²) in [6.45, 7) is 1.23. The Morgan fingerprint density at radius 1 is 1.33 bits per heavy atom. The van der Waals surface area contributed by atoms with E-state index in [-0.39, 0.29) is 5.91 Å². The van der Waals surface area contributed by atoms with E-state index in [1.807, 2.05) is 24.3 Å². The van der Waals surface area contributed by atoms with Gasteiger partial charge in [0, 0.05) is 17.3 Å². The Bertz CT molecular complexity index is 653. The quantitative estimate of drug-likeness (QED) is 0.866. The van der Waals surface area contributed by atoms with Crippen LogP contribution in [0.1, 0.15) is 16.1 Å². The Balaban J connectivity index is 1.64. The first kappa shape index (κ1) is 14.2. The van der Waals surface area contributed by atoms with E-state index in [1.54, 1.807) is 28.8 Å². The highest BCUT2D eigenvalue weighted by molar-refractivity contribution is 8.13. The first-order valence-electron chi connectivity index (χ1n) is 6.51. The summed E-state index contributed by atoms with van der Waals surface area (Å²) in [5, 5.41) is 1.46. The predicted octanol–water partition coefficient (Wildman–Crippen LogP) is 3.68. The Kier molecular flexibility index (Phi) is 4.31. The molecule has 2 aromatic rings. The lowest BCUT2D eigenvalue weighted by molar-refractivity contribution is 0.0830. The molecule has 0 N–H and O–H groups in total. The van der Waals surface area contributed by atoms with E-state index >= 15 is 0 Å². The summed E-state index contributed by atoms with van der Waals surface area (Å²) in [4.78, 5) is 18.4. The molecule has 1 aliphatic heterocycles. The van der Waals surface area contributed by atoms with Gasteiger partial charge in [0.25, 0.3) is 5.91 Å². The minimum absolute atomic E-state index is 0.139. The van der Waals surface area contributed by atoms with Crippen LogP contribution in [0, 0.1) is 0 Å². The van der Waals surface area contributed by atoms with Gasteiger partial charge in [-0.15, -0.1) is 0 Å². The van der Waals surface area contributed by atoms with Crippen LogP contribution < -0.4 is 0 Å². The van der Waals surface area contributed by atoms with Crippen molar-refractivity contribution in [3.8, 4) is 0 Å². The second-order valence-corrected chi connectivity index (χ2v) is 5.89. The minimum atomic E-state index is -0.139. The lowest BCUT2D eigenvalue weighted by Crippen LogP contribution is -2.32. The van der Waals surface area contributed by atoms with Gasteiger partial charge in [0.15, 0.2) is 10.9 Å². The Hall–Kier alpha value is -1.72. The third kappa shape index (κ3) is 3.31. The number of nitrogens with zero attached hydrogens (tertiary/aromatic N) is 2. The number of hydrogen-bond acceptors (Lipinski definition) is 4. The fourth-order valence-corrected chi connectivity index (χ4v) is 3.13. The number of hydrogen-bond donors (Lipinski definition) is 0. The molecular formula is C15H13ClN2O2S. The summed E-state index contributed by atoms with van der Waals surface area (Å²) < 4.78 is 5.16. The highest BCUT2D eigenvalue weighted by atomic mass is 35.5. The number of amides is 1. The van der Waals surface area contributed by atoms with Gasteiger partial charge in [-0.25, -0.2) is 0 Å². The summed E-state index contributed by atoms with van der Waals surface area (Å²) >= 11 is 7.41. The van der Waals surface area contributed by atoms with Crippen molar-refractivity contribution in [1.82, 2.24) is 4.90 Å². The highest BCUT2D eigenvalue weighted by Gasteiger charge is 2.26. The number of carbonyl (C=O) groups excluding carboxylic acids is 1. The average molecular weight is 321 g/mol. The first-order valence-corrected chi connectivity index (χ1v) is 7.87. The topological polar surface area (TPSA) is 45.8 Å². The van der Waals surface area contributed by atoms with Gasteiger partial charge in [-0.3, -0.25) is 14.7 Å². The number of furan rings is 1. The molecule has 0 saturated carbocycles. The summed E-state index contributed by atoms with van der Waals surface area (Å²) in [5.74, 6) is 0.953. The molecule has 1 aromatic heterocycles. The molecule has 3 rings (SSSR count). The van der Waals surface area contributed by atoms with Gasteiger partial charge in [0.2, 0.25) is 0 Å². The van der Waals surface area contributed by atoms with Crippen molar-refractivity contribution in [1.29, 1.82) is 0 Å². The van der Waals surface area contributed by atoms with Crippen LogP contribution in [0.5, 0.6) is 0 Å². The molecule has 2 heterocycles. The van der Waals surface area contributed by atoms with E-state index in [9.17, 15) is 4.79 Å². The zero-order valence-electron chi connectivity index (χ0n) is 11.2. The zero-order valence-corrected chi connectivity index (χ0v) is 12.7. The summed E-state index contributed by atoms with van der Waals surface area (Å²) in [6.07, 6.45) is 1.50. The van der Waals surface area contributed by atoms with Crippen LogP contribution in [-0.2, 0) is 5.75 Å². The summed E-state index contributed by atoms with van der Waals surface area (Å²) in [5.41, 5.74) is 1.14. The minimum Gasteiger partial charge on any atom is -0.459 e. The third-order valence-corrected chi connectivity index (χ3v) is 4.40. The number of rotatable bonds is 3. The number of carbonyl (C=O) groups is 1. The lowest BCUT2D eigenvalue weighted by atomic mass is 10.2. The van der Waals surface area contributed by atoms with Gasteiger partial charge in [0.05, 0.1) is 12.8 Å². The van der Waals surface area contributed by atoms with E-state index in [1.165, 1.54) is 6.26 Å². The van der Waals surface area contributed by atoms with Crippen molar-refractivity contribution < 1.29 is 9.21 Å². The number of benzene rings is 1. The molecule has 0 saturated heterocycles. The average Bonchev–Trinajstić information content (AvgIpc) is 3.17. The van der Waals surface area contributed by atoms with Crippen LogP contribution >= 0.6 is 23.4 Å². The maximum Gasteiger partial charge on any atom is 0.295 e. The third-order valence-electron chi connectivity index (χ3n) is 3.06. The van der Waals surface area contributed by atoms with E-state index in [2.05, 4.69) is 4.99 Å². The van der Waals surface area contributed by atoms with Crippen molar-refractivity contribution in [2.75, 3.05) is 13.1 Å². The molecular weight excluding hydrogens is 308 g/mol. The Morgan fingerprint density at radius 2 is 2.14 bits per heavy atom. The highest BCUT2D eigenvalue weighted by Crippen LogP contribution is 2.22. The van der Waals surface area contributed by atoms with Crippen LogP contribution in [-0.4, -0.2) is 29.1 Å². The van der Waals surface area contributed by atoms with Gasteiger partial charge in [-0.05, 0) is 29.8 Å². The SMILES string of the molecule is O=C(c1ccco1)N1CCN=C1SCc1ccc(Cl)cc1. The monoisotopic (exact) mass is 320 g/mol. The zero-order chi connectivity index (χ0) is 14.7. The smallest absolute Gasteiger partial charge is 0.295 e. The maximum absolute atomic E-state index is 12.3. The van der Waals surface area contributed by atoms with Crippen LogP contribution in [0.2, 0.25) is 5.02 Å². The van der Waals surface area contributed by atoms with Crippen molar-refractivity contribution in [3.05, 3.63) is 59.0 Å². The van der Waals surface area contributed by atoms with E-state index < -0.39 is 0 Å². The van der Waals surface area contributed by atoms with Crippen molar-refractivity contribution in [3.63, 3.8) is 0 Å². The van der Waals surface area contributed by atoms with E-state index in [4.69, 9.17) is 16.0 Å². The van der Waals surface area contributed by atoms with Gasteiger partial charge in [0.1, 0.15) is 0 Å². The summed E-state index contributed by atoms with van der Waals surface area (Å²) in [6, 6.07) is 11.1. The van der Waals surface area contributed by atoms with Gasteiger partial charge >= 0.3 is 0 Å². The molecule has 0 aliphatic carbocycles. The van der Waals surface area contributed by atoms with Crippen LogP contribution in [0.25, 0.3) is 0 Å². The predicted molar refractivity (Wildman–Crippen MR) is 84.8 cm³/mol. The molecule has 21 heavy (non-hydrogen) atoms. The number of thioether (sulfide) groups is 1. The molecule has 0 fully saturated rings. The van der Waals surface area contributed by atoms with Crippen molar-refractivity contribution >= 4 is 34.4 Å². The molecule has 0 bridgehead atoms. The molecule has 1 aromatic carbocycles. The molecule has 4 nitrogen and oxygen atoms in total. The molecule has 6 heteroatoms. The van der Waals surface area contributed by atoms with E-state index in [0.29, 0.717) is 18.8 Å². The number of amidine groups is 1. The van der Waals surface area contributed by atoms with Gasteiger partial charge in [-0.2, -0.15) is 0 Å². The molecule has 0 atom stereocenters. The fourth-order valence-electron chi connectivity index (χ4n) is 2.00. The number of halogens is 1. The Labute approximate surface area is 131 Å². The standard InChI is InChI=1S/C15H13ClN2O2S/c16-12-5-3-11(4-6-12)10-21-15-17-7-8-18(15)14(19)13-2-1-9-20-13/h1-6,9H,7-8,10H2. The molecule has 1 amide bonds. The van der Waals surface area contributed by atoms with Crippen molar-refractivity contribution in [2.45, 2.75) is 5.75 Å². The van der Waals surface area contributed by atoms with Crippen LogP contribution in [0.15, 0.2) is 52.1 Å². The molecule has 0 unspecified atom stereocenters. The summed E-state index contributed by atoms with van der Waals surface area (Å²) in [7, 11) is 0. The normalized spacial score (nSPS) is 14.3. The molecule has 1 aliphatic rings. The van der Waals surface area contributed by atoms with Crippen LogP contribution in [0.3, 0.4) is 0 Å². The van der Waals surface area contributed by atoms with Crippen molar-refractivity contribution in [2.24, 2.45) is 4.99 Å². The first-order chi connectivity index (χ1) is 10.2. The number of aliphatic imine (C=N–C) groups is 1. The second-order valence-electron chi connectivity index (χ2n) is 4.51. The molecule has 108 valence electrons. The van der Waals surface area contributed by atoms with Gasteiger partial charge in [-0.1, -0.05) is 35.5 Å².